The summed E-state index contributed by atoms with van der Waals surface area (Å²) in [6.45, 7) is 2.78. The van der Waals surface area contributed by atoms with Crippen molar-refractivity contribution in [3.05, 3.63) is 42.0 Å². The molecule has 0 saturated heterocycles. The first-order chi connectivity index (χ1) is 6.95. The molecule has 1 heterocycles. The van der Waals surface area contributed by atoms with Gasteiger partial charge in [-0.05, 0) is 30.7 Å². The van der Waals surface area contributed by atoms with Crippen LogP contribution in [0.3, 0.4) is 0 Å². The van der Waals surface area contributed by atoms with Gasteiger partial charge in [-0.25, -0.2) is 0 Å². The number of benzene rings is 1. The Hall–Kier alpha value is -1.28. The summed E-state index contributed by atoms with van der Waals surface area (Å²) in [5, 5.41) is 3.28. The van der Waals surface area contributed by atoms with Crippen LogP contribution >= 0.6 is 0 Å². The minimum absolute atomic E-state index is 0.728. The summed E-state index contributed by atoms with van der Waals surface area (Å²) < 4.78 is 5.65. The number of hydrogen-bond donors (Lipinski definition) is 1. The number of nitrogens with one attached hydrogen (secondary N) is 1. The van der Waals surface area contributed by atoms with Gasteiger partial charge < -0.3 is 10.1 Å². The van der Waals surface area contributed by atoms with Gasteiger partial charge in [0.2, 0.25) is 0 Å². The zero-order chi connectivity index (χ0) is 9.64. The molecule has 1 N–H and O–H groups in total. The molecule has 2 heteroatoms. The van der Waals surface area contributed by atoms with Crippen molar-refractivity contribution >= 4 is 0 Å². The Morgan fingerprint density at radius 1 is 1.21 bits per heavy atom. The molecule has 1 aliphatic rings. The third-order valence-electron chi connectivity index (χ3n) is 2.33. The third kappa shape index (κ3) is 2.60. The van der Waals surface area contributed by atoms with Crippen LogP contribution in [0.2, 0.25) is 0 Å². The van der Waals surface area contributed by atoms with E-state index in [0.29, 0.717) is 0 Å². The minimum Gasteiger partial charge on any atom is -0.489 e. The van der Waals surface area contributed by atoms with E-state index in [-0.39, 0.29) is 0 Å². The van der Waals surface area contributed by atoms with Gasteiger partial charge in [0.25, 0.3) is 0 Å². The first-order valence-electron chi connectivity index (χ1n) is 5.01. The van der Waals surface area contributed by atoms with Gasteiger partial charge in [-0.3, -0.25) is 0 Å². The van der Waals surface area contributed by atoms with Gasteiger partial charge in [0.05, 0.1) is 0 Å². The van der Waals surface area contributed by atoms with Crippen molar-refractivity contribution in [1.29, 1.82) is 0 Å². The van der Waals surface area contributed by atoms with E-state index < -0.39 is 0 Å². The van der Waals surface area contributed by atoms with E-state index in [1.165, 1.54) is 5.57 Å². The highest BCUT2D eigenvalue weighted by molar-refractivity contribution is 5.22. The lowest BCUT2D eigenvalue weighted by Gasteiger charge is -2.14. The Kier molecular flexibility index (Phi) is 3.19. The lowest BCUT2D eigenvalue weighted by Crippen LogP contribution is -2.22. The molecule has 0 spiro atoms. The second-order valence-electron chi connectivity index (χ2n) is 3.42. The van der Waals surface area contributed by atoms with Crippen LogP contribution in [0.5, 0.6) is 5.75 Å². The largest absolute Gasteiger partial charge is 0.489 e. The summed E-state index contributed by atoms with van der Waals surface area (Å²) in [6.07, 6.45) is 3.32. The SMILES string of the molecule is C1=C(COc2ccccc2)CCNC1. The monoisotopic (exact) mass is 189 g/mol. The minimum atomic E-state index is 0.728. The molecular weight excluding hydrogens is 174 g/mol. The maximum absolute atomic E-state index is 5.65. The molecule has 0 aliphatic carbocycles. The maximum atomic E-state index is 5.65. The van der Waals surface area contributed by atoms with Crippen molar-refractivity contribution < 1.29 is 4.74 Å². The van der Waals surface area contributed by atoms with Crippen LogP contribution in [-0.2, 0) is 0 Å². The number of hydrogen-bond acceptors (Lipinski definition) is 2. The molecule has 0 amide bonds. The van der Waals surface area contributed by atoms with Gasteiger partial charge in [0, 0.05) is 6.54 Å². The van der Waals surface area contributed by atoms with Crippen molar-refractivity contribution in [2.75, 3.05) is 19.7 Å². The number of rotatable bonds is 3. The molecule has 2 rings (SSSR count). The molecule has 0 radical (unpaired) electrons. The van der Waals surface area contributed by atoms with Gasteiger partial charge in [0.1, 0.15) is 12.4 Å². The van der Waals surface area contributed by atoms with Crippen LogP contribution in [0.4, 0.5) is 0 Å². The van der Waals surface area contributed by atoms with Crippen LogP contribution in [0.1, 0.15) is 6.42 Å². The zero-order valence-corrected chi connectivity index (χ0v) is 8.20. The van der Waals surface area contributed by atoms with E-state index in [2.05, 4.69) is 11.4 Å². The molecule has 0 atom stereocenters. The molecule has 2 nitrogen and oxygen atoms in total. The number of ether oxygens (including phenoxy) is 1. The van der Waals surface area contributed by atoms with E-state index in [9.17, 15) is 0 Å². The molecule has 1 aliphatic heterocycles. The maximum Gasteiger partial charge on any atom is 0.119 e. The highest BCUT2D eigenvalue weighted by Gasteiger charge is 2.02. The van der Waals surface area contributed by atoms with Crippen molar-refractivity contribution in [1.82, 2.24) is 5.32 Å². The van der Waals surface area contributed by atoms with E-state index in [0.717, 1.165) is 31.9 Å². The Labute approximate surface area is 84.6 Å². The van der Waals surface area contributed by atoms with Crippen LogP contribution in [-0.4, -0.2) is 19.7 Å². The van der Waals surface area contributed by atoms with Gasteiger partial charge in [-0.2, -0.15) is 0 Å². The predicted molar refractivity (Wildman–Crippen MR) is 57.5 cm³/mol. The second-order valence-corrected chi connectivity index (χ2v) is 3.42. The fourth-order valence-electron chi connectivity index (χ4n) is 1.49. The quantitative estimate of drug-likeness (QED) is 0.734. The normalized spacial score (nSPS) is 16.1. The van der Waals surface area contributed by atoms with Crippen molar-refractivity contribution in [2.45, 2.75) is 6.42 Å². The van der Waals surface area contributed by atoms with Gasteiger partial charge >= 0.3 is 0 Å². The Morgan fingerprint density at radius 2 is 2.07 bits per heavy atom. The summed E-state index contributed by atoms with van der Waals surface area (Å²) >= 11 is 0. The molecule has 1 aromatic rings. The molecule has 0 fully saturated rings. The van der Waals surface area contributed by atoms with Crippen molar-refractivity contribution in [2.24, 2.45) is 0 Å². The molecule has 0 saturated carbocycles. The first-order valence-corrected chi connectivity index (χ1v) is 5.01. The predicted octanol–water partition coefficient (Wildman–Crippen LogP) is 1.99. The van der Waals surface area contributed by atoms with Gasteiger partial charge in [-0.15, -0.1) is 0 Å². The highest BCUT2D eigenvalue weighted by atomic mass is 16.5. The van der Waals surface area contributed by atoms with E-state index in [4.69, 9.17) is 4.74 Å². The van der Waals surface area contributed by atoms with Crippen LogP contribution in [0.25, 0.3) is 0 Å². The molecule has 0 unspecified atom stereocenters. The molecule has 1 aromatic carbocycles. The van der Waals surface area contributed by atoms with Crippen LogP contribution in [0, 0.1) is 0 Å². The van der Waals surface area contributed by atoms with Crippen molar-refractivity contribution in [3.63, 3.8) is 0 Å². The Morgan fingerprint density at radius 3 is 2.79 bits per heavy atom. The standard InChI is InChI=1S/C12H15NO/c1-2-4-12(5-3-1)14-10-11-6-8-13-9-7-11/h1-6,13H,7-10H2. The molecule has 74 valence electrons. The van der Waals surface area contributed by atoms with Crippen LogP contribution < -0.4 is 10.1 Å². The lowest BCUT2D eigenvalue weighted by molar-refractivity contribution is 0.344. The average Bonchev–Trinajstić information content (AvgIpc) is 2.29. The lowest BCUT2D eigenvalue weighted by atomic mass is 10.1. The van der Waals surface area contributed by atoms with E-state index in [1.54, 1.807) is 0 Å². The van der Waals surface area contributed by atoms with E-state index >= 15 is 0 Å². The average molecular weight is 189 g/mol. The Bertz CT molecular complexity index is 305. The number of para-hydroxylation sites is 1. The Balaban J connectivity index is 1.85. The van der Waals surface area contributed by atoms with Gasteiger partial charge in [-0.1, -0.05) is 24.3 Å². The fraction of sp³-hybridized carbons (Fsp3) is 0.333. The summed E-state index contributed by atoms with van der Waals surface area (Å²) in [4.78, 5) is 0. The molecule has 14 heavy (non-hydrogen) atoms. The second kappa shape index (κ2) is 4.82. The van der Waals surface area contributed by atoms with E-state index in [1.807, 2.05) is 30.3 Å². The molecular formula is C12H15NO. The summed E-state index contributed by atoms with van der Waals surface area (Å²) in [7, 11) is 0. The summed E-state index contributed by atoms with van der Waals surface area (Å²) in [5.41, 5.74) is 1.40. The van der Waals surface area contributed by atoms with Crippen LogP contribution in [0.15, 0.2) is 42.0 Å². The summed E-state index contributed by atoms with van der Waals surface area (Å²) in [5.74, 6) is 0.951. The summed E-state index contributed by atoms with van der Waals surface area (Å²) in [6, 6.07) is 9.96. The zero-order valence-electron chi connectivity index (χ0n) is 8.20. The highest BCUT2D eigenvalue weighted by Crippen LogP contribution is 2.11. The van der Waals surface area contributed by atoms with Crippen molar-refractivity contribution in [3.8, 4) is 5.75 Å². The fourth-order valence-corrected chi connectivity index (χ4v) is 1.49. The molecule has 0 bridgehead atoms. The van der Waals surface area contributed by atoms with Gasteiger partial charge in [0.15, 0.2) is 0 Å². The smallest absolute Gasteiger partial charge is 0.119 e. The third-order valence-corrected chi connectivity index (χ3v) is 2.33. The first kappa shape index (κ1) is 9.28. The molecule has 0 aromatic heterocycles. The topological polar surface area (TPSA) is 21.3 Å².